The van der Waals surface area contributed by atoms with Crippen molar-refractivity contribution in [2.45, 2.75) is 6.92 Å². The van der Waals surface area contributed by atoms with Crippen LogP contribution in [0.1, 0.15) is 11.1 Å². The number of pyridine rings is 1. The molecule has 0 fully saturated rings. The number of benzene rings is 1. The van der Waals surface area contributed by atoms with Crippen molar-refractivity contribution < 1.29 is 4.74 Å². The maximum absolute atomic E-state index is 7.54. The van der Waals surface area contributed by atoms with Crippen LogP contribution in [0.3, 0.4) is 0 Å². The predicted molar refractivity (Wildman–Crippen MR) is 66.5 cm³/mol. The van der Waals surface area contributed by atoms with Crippen LogP contribution in [0.4, 0.5) is 0 Å². The van der Waals surface area contributed by atoms with E-state index in [-0.39, 0.29) is 5.84 Å². The van der Waals surface area contributed by atoms with Crippen molar-refractivity contribution in [3.05, 3.63) is 53.7 Å². The SMILES string of the molecule is Cc1ccnc(Oc2ccccc2)c1C(=N)N. The summed E-state index contributed by atoms with van der Waals surface area (Å²) in [5.41, 5.74) is 6.94. The van der Waals surface area contributed by atoms with Gasteiger partial charge < -0.3 is 10.5 Å². The summed E-state index contributed by atoms with van der Waals surface area (Å²) in [5.74, 6) is 0.998. The van der Waals surface area contributed by atoms with Crippen molar-refractivity contribution >= 4 is 5.84 Å². The van der Waals surface area contributed by atoms with E-state index in [2.05, 4.69) is 4.98 Å². The van der Waals surface area contributed by atoms with Crippen molar-refractivity contribution in [1.82, 2.24) is 4.98 Å². The Kier molecular flexibility index (Phi) is 3.05. The van der Waals surface area contributed by atoms with Gasteiger partial charge in [0.1, 0.15) is 11.6 Å². The zero-order valence-corrected chi connectivity index (χ0v) is 9.47. The molecule has 0 aliphatic heterocycles. The highest BCUT2D eigenvalue weighted by Gasteiger charge is 2.11. The maximum atomic E-state index is 7.54. The lowest BCUT2D eigenvalue weighted by Gasteiger charge is -2.10. The first kappa shape index (κ1) is 11.1. The fraction of sp³-hybridized carbons (Fsp3) is 0.0769. The average Bonchev–Trinajstić information content (AvgIpc) is 2.30. The Morgan fingerprint density at radius 3 is 2.59 bits per heavy atom. The molecular formula is C13H13N3O. The van der Waals surface area contributed by atoms with E-state index in [1.807, 2.05) is 37.3 Å². The number of nitrogens with one attached hydrogen (secondary N) is 1. The van der Waals surface area contributed by atoms with E-state index in [9.17, 15) is 0 Å². The standard InChI is InChI=1S/C13H13N3O/c1-9-7-8-16-13(11(9)12(14)15)17-10-5-3-2-4-6-10/h2-8H,1H3,(H3,14,15). The lowest BCUT2D eigenvalue weighted by molar-refractivity contribution is 0.461. The Labute approximate surface area is 99.6 Å². The molecule has 1 aromatic heterocycles. The average molecular weight is 227 g/mol. The number of aromatic nitrogens is 1. The van der Waals surface area contributed by atoms with Crippen LogP contribution in [-0.4, -0.2) is 10.8 Å². The second-order valence-corrected chi connectivity index (χ2v) is 3.64. The summed E-state index contributed by atoms with van der Waals surface area (Å²) in [6.45, 7) is 1.87. The van der Waals surface area contributed by atoms with Gasteiger partial charge in [0.15, 0.2) is 0 Å². The molecule has 0 saturated heterocycles. The second kappa shape index (κ2) is 4.65. The molecule has 0 amide bonds. The number of rotatable bonds is 3. The van der Waals surface area contributed by atoms with Gasteiger partial charge in [0, 0.05) is 6.20 Å². The lowest BCUT2D eigenvalue weighted by Crippen LogP contribution is -2.14. The molecule has 2 rings (SSSR count). The van der Waals surface area contributed by atoms with Gasteiger partial charge in [0.25, 0.3) is 0 Å². The van der Waals surface area contributed by atoms with E-state index in [0.29, 0.717) is 17.2 Å². The summed E-state index contributed by atoms with van der Waals surface area (Å²) in [6.07, 6.45) is 1.64. The third-order valence-corrected chi connectivity index (χ3v) is 2.35. The summed E-state index contributed by atoms with van der Waals surface area (Å²) in [7, 11) is 0. The van der Waals surface area contributed by atoms with Gasteiger partial charge in [0.05, 0.1) is 5.56 Å². The molecule has 4 heteroatoms. The minimum absolute atomic E-state index is 0.0402. The molecule has 0 saturated carbocycles. The van der Waals surface area contributed by atoms with E-state index in [1.54, 1.807) is 12.3 Å². The smallest absolute Gasteiger partial charge is 0.230 e. The van der Waals surface area contributed by atoms with Gasteiger partial charge in [0.2, 0.25) is 5.88 Å². The van der Waals surface area contributed by atoms with Gasteiger partial charge in [-0.15, -0.1) is 0 Å². The Morgan fingerprint density at radius 2 is 1.94 bits per heavy atom. The number of amidine groups is 1. The Bertz CT molecular complexity index is 538. The first-order valence-electron chi connectivity index (χ1n) is 5.21. The molecule has 0 aliphatic rings. The largest absolute Gasteiger partial charge is 0.438 e. The summed E-state index contributed by atoms with van der Waals surface area (Å²) in [4.78, 5) is 4.11. The van der Waals surface area contributed by atoms with Crippen LogP contribution in [0.25, 0.3) is 0 Å². The number of hydrogen-bond donors (Lipinski definition) is 2. The molecule has 0 bridgehead atoms. The van der Waals surface area contributed by atoms with Gasteiger partial charge in [-0.25, -0.2) is 4.98 Å². The van der Waals surface area contributed by atoms with Crippen LogP contribution in [-0.2, 0) is 0 Å². The van der Waals surface area contributed by atoms with E-state index in [4.69, 9.17) is 15.9 Å². The molecule has 86 valence electrons. The van der Waals surface area contributed by atoms with E-state index < -0.39 is 0 Å². The van der Waals surface area contributed by atoms with E-state index in [0.717, 1.165) is 5.56 Å². The van der Waals surface area contributed by atoms with Crippen molar-refractivity contribution in [2.24, 2.45) is 5.73 Å². The summed E-state index contributed by atoms with van der Waals surface area (Å²) < 4.78 is 5.62. The molecule has 1 aromatic carbocycles. The second-order valence-electron chi connectivity index (χ2n) is 3.64. The number of para-hydroxylation sites is 1. The highest BCUT2D eigenvalue weighted by molar-refractivity contribution is 5.98. The van der Waals surface area contributed by atoms with Crippen LogP contribution in [0.5, 0.6) is 11.6 Å². The Morgan fingerprint density at radius 1 is 1.24 bits per heavy atom. The van der Waals surface area contributed by atoms with E-state index >= 15 is 0 Å². The molecule has 0 atom stereocenters. The fourth-order valence-corrected chi connectivity index (χ4v) is 1.54. The molecule has 17 heavy (non-hydrogen) atoms. The van der Waals surface area contributed by atoms with Crippen molar-refractivity contribution in [1.29, 1.82) is 5.41 Å². The molecule has 0 radical (unpaired) electrons. The predicted octanol–water partition coefficient (Wildman–Crippen LogP) is 2.47. The van der Waals surface area contributed by atoms with Crippen LogP contribution < -0.4 is 10.5 Å². The molecule has 0 unspecified atom stereocenters. The Hall–Kier alpha value is -2.36. The minimum atomic E-state index is -0.0402. The molecular weight excluding hydrogens is 214 g/mol. The highest BCUT2D eigenvalue weighted by atomic mass is 16.5. The van der Waals surface area contributed by atoms with Gasteiger partial charge in [-0.05, 0) is 30.7 Å². The zero-order valence-electron chi connectivity index (χ0n) is 9.47. The quantitative estimate of drug-likeness (QED) is 0.625. The molecule has 3 N–H and O–H groups in total. The van der Waals surface area contributed by atoms with Gasteiger partial charge in [-0.1, -0.05) is 18.2 Å². The lowest BCUT2D eigenvalue weighted by atomic mass is 10.1. The van der Waals surface area contributed by atoms with E-state index in [1.165, 1.54) is 0 Å². The zero-order chi connectivity index (χ0) is 12.3. The normalized spacial score (nSPS) is 9.94. The van der Waals surface area contributed by atoms with Crippen LogP contribution in [0.15, 0.2) is 42.6 Å². The maximum Gasteiger partial charge on any atom is 0.230 e. The van der Waals surface area contributed by atoms with Crippen LogP contribution >= 0.6 is 0 Å². The topological polar surface area (TPSA) is 72.0 Å². The minimum Gasteiger partial charge on any atom is -0.438 e. The number of ether oxygens (including phenoxy) is 1. The monoisotopic (exact) mass is 227 g/mol. The third kappa shape index (κ3) is 2.42. The fourth-order valence-electron chi connectivity index (χ4n) is 1.54. The van der Waals surface area contributed by atoms with Gasteiger partial charge in [-0.3, -0.25) is 5.41 Å². The first-order chi connectivity index (χ1) is 8.18. The third-order valence-electron chi connectivity index (χ3n) is 2.35. The summed E-state index contributed by atoms with van der Waals surface area (Å²) in [6, 6.07) is 11.1. The van der Waals surface area contributed by atoms with Gasteiger partial charge >= 0.3 is 0 Å². The van der Waals surface area contributed by atoms with Gasteiger partial charge in [-0.2, -0.15) is 0 Å². The molecule has 2 aromatic rings. The van der Waals surface area contributed by atoms with Crippen molar-refractivity contribution in [2.75, 3.05) is 0 Å². The van der Waals surface area contributed by atoms with Crippen LogP contribution in [0, 0.1) is 12.3 Å². The number of aryl methyl sites for hydroxylation is 1. The number of nitrogen functional groups attached to an aromatic ring is 1. The van der Waals surface area contributed by atoms with Crippen LogP contribution in [0.2, 0.25) is 0 Å². The highest BCUT2D eigenvalue weighted by Crippen LogP contribution is 2.24. The number of hydrogen-bond acceptors (Lipinski definition) is 3. The van der Waals surface area contributed by atoms with Crippen molar-refractivity contribution in [3.8, 4) is 11.6 Å². The molecule has 0 spiro atoms. The summed E-state index contributed by atoms with van der Waals surface area (Å²) in [5, 5.41) is 7.54. The number of nitrogens with two attached hydrogens (primary N) is 1. The summed E-state index contributed by atoms with van der Waals surface area (Å²) >= 11 is 0. The Balaban J connectivity index is 2.40. The molecule has 4 nitrogen and oxygen atoms in total. The first-order valence-corrected chi connectivity index (χ1v) is 5.21. The molecule has 1 heterocycles. The van der Waals surface area contributed by atoms with Crippen molar-refractivity contribution in [3.63, 3.8) is 0 Å². The molecule has 0 aliphatic carbocycles. The number of nitrogens with zero attached hydrogens (tertiary/aromatic N) is 1.